The number of hydrogen-bond acceptors (Lipinski definition) is 4. The van der Waals surface area contributed by atoms with Crippen molar-refractivity contribution in [1.29, 1.82) is 0 Å². The Hall–Kier alpha value is -3.41. The maximum atomic E-state index is 12.8. The van der Waals surface area contributed by atoms with Gasteiger partial charge in [-0.15, -0.1) is 0 Å². The van der Waals surface area contributed by atoms with E-state index in [1.165, 1.54) is 0 Å². The molecular formula is C23H21N3O3. The van der Waals surface area contributed by atoms with Crippen molar-refractivity contribution in [3.05, 3.63) is 65.9 Å². The van der Waals surface area contributed by atoms with Gasteiger partial charge >= 0.3 is 0 Å². The Labute approximate surface area is 168 Å². The Morgan fingerprint density at radius 1 is 1.10 bits per heavy atom. The summed E-state index contributed by atoms with van der Waals surface area (Å²) in [6, 6.07) is 15.4. The Morgan fingerprint density at radius 2 is 1.97 bits per heavy atom. The van der Waals surface area contributed by atoms with Gasteiger partial charge < -0.3 is 14.5 Å². The first-order valence-electron chi connectivity index (χ1n) is 9.79. The summed E-state index contributed by atoms with van der Waals surface area (Å²) in [6.45, 7) is 1.09. The maximum Gasteiger partial charge on any atom is 0.254 e. The van der Waals surface area contributed by atoms with E-state index in [4.69, 9.17) is 4.74 Å². The van der Waals surface area contributed by atoms with Gasteiger partial charge in [0.15, 0.2) is 0 Å². The van der Waals surface area contributed by atoms with E-state index in [-0.39, 0.29) is 17.9 Å². The summed E-state index contributed by atoms with van der Waals surface area (Å²) in [4.78, 5) is 32.5. The molecule has 3 aromatic rings. The number of likely N-dealkylation sites (tertiary alicyclic amines) is 1. The number of aryl methyl sites for hydroxylation is 1. The van der Waals surface area contributed by atoms with E-state index >= 15 is 0 Å². The average Bonchev–Trinajstić information content (AvgIpc) is 2.72. The van der Waals surface area contributed by atoms with Crippen molar-refractivity contribution in [2.45, 2.75) is 18.9 Å². The highest BCUT2D eigenvalue weighted by Gasteiger charge is 2.33. The van der Waals surface area contributed by atoms with E-state index in [1.54, 1.807) is 23.0 Å². The molecule has 2 amide bonds. The van der Waals surface area contributed by atoms with Crippen molar-refractivity contribution < 1.29 is 14.3 Å². The summed E-state index contributed by atoms with van der Waals surface area (Å²) in [5.74, 6) is 0.825. The van der Waals surface area contributed by atoms with Crippen molar-refractivity contribution in [3.63, 3.8) is 0 Å². The molecule has 2 aromatic carbocycles. The van der Waals surface area contributed by atoms with Crippen molar-refractivity contribution >= 4 is 28.4 Å². The largest absolute Gasteiger partial charge is 0.487 e. The zero-order valence-corrected chi connectivity index (χ0v) is 16.2. The molecule has 29 heavy (non-hydrogen) atoms. The SMILES string of the molecule is CN1C(=O)CCc2ccc(C(=O)N3CC(Oc4ccc5cccnc5c4)C3)cc21. The Balaban J connectivity index is 1.25. The summed E-state index contributed by atoms with van der Waals surface area (Å²) in [5.41, 5.74) is 3.45. The molecule has 0 spiro atoms. The van der Waals surface area contributed by atoms with E-state index in [9.17, 15) is 9.59 Å². The van der Waals surface area contributed by atoms with Gasteiger partial charge in [-0.05, 0) is 42.3 Å². The minimum Gasteiger partial charge on any atom is -0.487 e. The lowest BCUT2D eigenvalue weighted by molar-refractivity contribution is -0.118. The van der Waals surface area contributed by atoms with Crippen LogP contribution in [0.5, 0.6) is 5.75 Å². The minimum atomic E-state index is -0.0285. The Morgan fingerprint density at radius 3 is 2.83 bits per heavy atom. The lowest BCUT2D eigenvalue weighted by Gasteiger charge is -2.39. The molecule has 2 aliphatic heterocycles. The van der Waals surface area contributed by atoms with E-state index in [1.807, 2.05) is 48.5 Å². The number of carbonyl (C=O) groups excluding carboxylic acids is 2. The molecule has 2 aliphatic rings. The van der Waals surface area contributed by atoms with E-state index in [0.29, 0.717) is 25.1 Å². The lowest BCUT2D eigenvalue weighted by atomic mass is 9.98. The van der Waals surface area contributed by atoms with Gasteiger partial charge in [0, 0.05) is 42.4 Å². The zero-order valence-electron chi connectivity index (χ0n) is 16.2. The Kier molecular flexibility index (Phi) is 4.19. The number of anilines is 1. The molecule has 6 heteroatoms. The molecule has 1 saturated heterocycles. The summed E-state index contributed by atoms with van der Waals surface area (Å²) < 4.78 is 6.01. The minimum absolute atomic E-state index is 0.0259. The van der Waals surface area contributed by atoms with Crippen LogP contribution in [-0.4, -0.2) is 47.9 Å². The van der Waals surface area contributed by atoms with Crippen LogP contribution >= 0.6 is 0 Å². The summed E-state index contributed by atoms with van der Waals surface area (Å²) in [5, 5.41) is 1.07. The standard InChI is InChI=1S/C23H21N3O3/c1-25-21-11-17(5-4-16(21)7-9-22(25)27)23(28)26-13-19(14-26)29-18-8-6-15-3-2-10-24-20(15)12-18/h2-6,8,10-12,19H,7,9,13-14H2,1H3. The van der Waals surface area contributed by atoms with Crippen molar-refractivity contribution in [2.24, 2.45) is 0 Å². The first-order chi connectivity index (χ1) is 14.1. The molecule has 6 nitrogen and oxygen atoms in total. The fourth-order valence-corrected chi connectivity index (χ4v) is 3.94. The van der Waals surface area contributed by atoms with Gasteiger partial charge in [0.25, 0.3) is 5.91 Å². The fourth-order valence-electron chi connectivity index (χ4n) is 3.94. The molecule has 0 unspecified atom stereocenters. The number of fused-ring (bicyclic) bond motifs is 2. The van der Waals surface area contributed by atoms with Crippen LogP contribution in [0.15, 0.2) is 54.7 Å². The van der Waals surface area contributed by atoms with Gasteiger partial charge in [-0.2, -0.15) is 0 Å². The molecule has 1 fully saturated rings. The molecule has 5 rings (SSSR count). The molecule has 0 bridgehead atoms. The number of hydrogen-bond donors (Lipinski definition) is 0. The van der Waals surface area contributed by atoms with E-state index in [0.717, 1.165) is 34.3 Å². The molecule has 0 aliphatic carbocycles. The predicted octanol–water partition coefficient (Wildman–Crippen LogP) is 3.05. The second kappa shape index (κ2) is 6.88. The van der Waals surface area contributed by atoms with Crippen molar-refractivity contribution in [1.82, 2.24) is 9.88 Å². The molecular weight excluding hydrogens is 366 g/mol. The number of ether oxygens (including phenoxy) is 1. The maximum absolute atomic E-state index is 12.8. The molecule has 146 valence electrons. The van der Waals surface area contributed by atoms with Gasteiger partial charge in [-0.3, -0.25) is 14.6 Å². The lowest BCUT2D eigenvalue weighted by Crippen LogP contribution is -2.56. The van der Waals surface area contributed by atoms with Crippen LogP contribution < -0.4 is 9.64 Å². The second-order valence-corrected chi connectivity index (χ2v) is 7.60. The number of nitrogens with zero attached hydrogens (tertiary/aromatic N) is 3. The van der Waals surface area contributed by atoms with Gasteiger partial charge in [-0.1, -0.05) is 12.1 Å². The number of carbonyl (C=O) groups is 2. The van der Waals surface area contributed by atoms with Crippen LogP contribution in [0.2, 0.25) is 0 Å². The first-order valence-corrected chi connectivity index (χ1v) is 9.79. The number of amides is 2. The van der Waals surface area contributed by atoms with Crippen LogP contribution in [0.25, 0.3) is 10.9 Å². The van der Waals surface area contributed by atoms with Gasteiger partial charge in [-0.25, -0.2) is 0 Å². The van der Waals surface area contributed by atoms with Crippen LogP contribution in [0.3, 0.4) is 0 Å². The molecule has 3 heterocycles. The quantitative estimate of drug-likeness (QED) is 0.693. The predicted molar refractivity (Wildman–Crippen MR) is 110 cm³/mol. The zero-order chi connectivity index (χ0) is 20.0. The van der Waals surface area contributed by atoms with E-state index in [2.05, 4.69) is 4.98 Å². The van der Waals surface area contributed by atoms with Crippen molar-refractivity contribution in [3.8, 4) is 5.75 Å². The molecule has 0 N–H and O–H groups in total. The molecule has 0 atom stereocenters. The summed E-state index contributed by atoms with van der Waals surface area (Å²) >= 11 is 0. The average molecular weight is 387 g/mol. The number of rotatable bonds is 3. The first kappa shape index (κ1) is 17.7. The Bertz CT molecular complexity index is 1120. The van der Waals surface area contributed by atoms with Crippen LogP contribution in [0.4, 0.5) is 5.69 Å². The third kappa shape index (κ3) is 3.20. The number of pyridine rings is 1. The summed E-state index contributed by atoms with van der Waals surface area (Å²) in [6.07, 6.45) is 2.99. The van der Waals surface area contributed by atoms with Gasteiger partial charge in [0.05, 0.1) is 18.6 Å². The molecule has 0 radical (unpaired) electrons. The molecule has 1 aromatic heterocycles. The summed E-state index contributed by atoms with van der Waals surface area (Å²) in [7, 11) is 1.76. The smallest absolute Gasteiger partial charge is 0.254 e. The van der Waals surface area contributed by atoms with Gasteiger partial charge in [0.1, 0.15) is 11.9 Å². The number of aromatic nitrogens is 1. The third-order valence-corrected chi connectivity index (χ3v) is 5.69. The topological polar surface area (TPSA) is 62.7 Å². The highest BCUT2D eigenvalue weighted by Crippen LogP contribution is 2.29. The van der Waals surface area contributed by atoms with Crippen LogP contribution in [0.1, 0.15) is 22.3 Å². The van der Waals surface area contributed by atoms with Gasteiger partial charge in [0.2, 0.25) is 5.91 Å². The fraction of sp³-hybridized carbons (Fsp3) is 0.261. The molecule has 0 saturated carbocycles. The highest BCUT2D eigenvalue weighted by atomic mass is 16.5. The van der Waals surface area contributed by atoms with E-state index < -0.39 is 0 Å². The van der Waals surface area contributed by atoms with Crippen LogP contribution in [0, 0.1) is 0 Å². The number of benzene rings is 2. The van der Waals surface area contributed by atoms with Crippen molar-refractivity contribution in [2.75, 3.05) is 25.0 Å². The monoisotopic (exact) mass is 387 g/mol. The third-order valence-electron chi connectivity index (χ3n) is 5.69. The second-order valence-electron chi connectivity index (χ2n) is 7.60. The highest BCUT2D eigenvalue weighted by molar-refractivity contribution is 6.00. The normalized spacial score (nSPS) is 16.5. The van der Waals surface area contributed by atoms with Crippen LogP contribution in [-0.2, 0) is 11.2 Å².